The quantitative estimate of drug-likeness (QED) is 0.481. The first-order valence-corrected chi connectivity index (χ1v) is 12.7. The third kappa shape index (κ3) is 4.87. The highest BCUT2D eigenvalue weighted by atomic mass is 32.2. The van der Waals surface area contributed by atoms with E-state index < -0.39 is 21.8 Å². The zero-order valence-electron chi connectivity index (χ0n) is 19.1. The lowest BCUT2D eigenvalue weighted by atomic mass is 10.2. The summed E-state index contributed by atoms with van der Waals surface area (Å²) >= 11 is 0. The van der Waals surface area contributed by atoms with Crippen LogP contribution in [0.4, 0.5) is 0 Å². The minimum Gasteiger partial charge on any atom is -0.267 e. The SMILES string of the molecule is CCN(CC)S(=O)(=O)c1cccc(C(=O)NNC(=O)c2cc(C3CC3)nn2-c2ccccc2)c1. The Morgan fingerprint density at radius 2 is 1.65 bits per heavy atom. The summed E-state index contributed by atoms with van der Waals surface area (Å²) < 4.78 is 28.4. The molecule has 2 aromatic carbocycles. The van der Waals surface area contributed by atoms with Gasteiger partial charge >= 0.3 is 0 Å². The number of nitrogens with one attached hydrogen (secondary N) is 2. The molecule has 0 radical (unpaired) electrons. The third-order valence-corrected chi connectivity index (χ3v) is 7.73. The number of sulfonamides is 1. The molecule has 1 fully saturated rings. The summed E-state index contributed by atoms with van der Waals surface area (Å²) in [6, 6.07) is 16.8. The maximum absolute atomic E-state index is 12.9. The number of rotatable bonds is 8. The van der Waals surface area contributed by atoms with Gasteiger partial charge < -0.3 is 0 Å². The second-order valence-corrected chi connectivity index (χ2v) is 9.94. The average Bonchev–Trinajstić information content (AvgIpc) is 3.61. The first kappa shape index (κ1) is 23.7. The van der Waals surface area contributed by atoms with Gasteiger partial charge in [0, 0.05) is 24.6 Å². The van der Waals surface area contributed by atoms with E-state index in [1.54, 1.807) is 24.6 Å². The van der Waals surface area contributed by atoms with Gasteiger partial charge in [0.1, 0.15) is 5.69 Å². The lowest BCUT2D eigenvalue weighted by molar-refractivity contribution is 0.0842. The molecule has 0 spiro atoms. The predicted octanol–water partition coefficient (Wildman–Crippen LogP) is 2.86. The Hall–Kier alpha value is -3.50. The van der Waals surface area contributed by atoms with Gasteiger partial charge in [-0.15, -0.1) is 0 Å². The van der Waals surface area contributed by atoms with E-state index in [-0.39, 0.29) is 10.5 Å². The topological polar surface area (TPSA) is 113 Å². The normalized spacial score (nSPS) is 13.6. The molecule has 9 nitrogen and oxygen atoms in total. The fourth-order valence-electron chi connectivity index (χ4n) is 3.67. The molecule has 178 valence electrons. The van der Waals surface area contributed by atoms with Crippen LogP contribution in [-0.2, 0) is 10.0 Å². The lowest BCUT2D eigenvalue weighted by Gasteiger charge is -2.18. The number of aromatic nitrogens is 2. The number of nitrogens with zero attached hydrogens (tertiary/aromatic N) is 3. The number of carbonyl (C=O) groups excluding carboxylic acids is 2. The van der Waals surface area contributed by atoms with Crippen molar-refractivity contribution in [3.63, 3.8) is 0 Å². The van der Waals surface area contributed by atoms with Crippen LogP contribution < -0.4 is 10.9 Å². The van der Waals surface area contributed by atoms with E-state index in [1.165, 1.54) is 28.6 Å². The van der Waals surface area contributed by atoms with Crippen LogP contribution in [0.1, 0.15) is 59.1 Å². The molecule has 1 saturated carbocycles. The molecule has 2 N–H and O–H groups in total. The fraction of sp³-hybridized carbons (Fsp3) is 0.292. The maximum Gasteiger partial charge on any atom is 0.288 e. The molecule has 10 heteroatoms. The minimum absolute atomic E-state index is 0.0198. The number of carbonyl (C=O) groups is 2. The zero-order chi connectivity index (χ0) is 24.3. The molecule has 0 saturated heterocycles. The summed E-state index contributed by atoms with van der Waals surface area (Å²) in [5.74, 6) is -0.803. The molecule has 1 aliphatic rings. The Labute approximate surface area is 198 Å². The molecule has 0 atom stereocenters. The number of benzene rings is 2. The average molecular weight is 482 g/mol. The smallest absolute Gasteiger partial charge is 0.267 e. The lowest BCUT2D eigenvalue weighted by Crippen LogP contribution is -2.42. The van der Waals surface area contributed by atoms with Crippen molar-refractivity contribution in [1.29, 1.82) is 0 Å². The minimum atomic E-state index is -3.71. The van der Waals surface area contributed by atoms with Gasteiger partial charge in [-0.25, -0.2) is 13.1 Å². The van der Waals surface area contributed by atoms with Gasteiger partial charge in [0.05, 0.1) is 16.3 Å². The Balaban J connectivity index is 1.51. The fourth-order valence-corrected chi connectivity index (χ4v) is 5.17. The van der Waals surface area contributed by atoms with Crippen LogP contribution >= 0.6 is 0 Å². The highest BCUT2D eigenvalue weighted by Crippen LogP contribution is 2.39. The molecular weight excluding hydrogens is 454 g/mol. The van der Waals surface area contributed by atoms with Crippen molar-refractivity contribution in [3.05, 3.63) is 77.6 Å². The Morgan fingerprint density at radius 1 is 0.971 bits per heavy atom. The Bertz CT molecular complexity index is 1300. The molecule has 1 heterocycles. The highest BCUT2D eigenvalue weighted by Gasteiger charge is 2.29. The summed E-state index contributed by atoms with van der Waals surface area (Å²) in [5, 5.41) is 4.59. The van der Waals surface area contributed by atoms with E-state index in [0.29, 0.717) is 24.7 Å². The largest absolute Gasteiger partial charge is 0.288 e. The standard InChI is InChI=1S/C24H27N5O4S/c1-3-28(4-2)34(32,33)20-12-8-9-18(15-20)23(30)25-26-24(31)22-16-21(17-13-14-17)27-29(22)19-10-6-5-7-11-19/h5-12,15-17H,3-4,13-14H2,1-2H3,(H,25,30)(H,26,31). The summed E-state index contributed by atoms with van der Waals surface area (Å²) in [6.45, 7) is 4.15. The Morgan fingerprint density at radius 3 is 2.29 bits per heavy atom. The van der Waals surface area contributed by atoms with Crippen LogP contribution in [0.5, 0.6) is 0 Å². The van der Waals surface area contributed by atoms with Crippen molar-refractivity contribution in [2.75, 3.05) is 13.1 Å². The van der Waals surface area contributed by atoms with E-state index in [1.807, 2.05) is 30.3 Å². The summed E-state index contributed by atoms with van der Waals surface area (Å²) in [5.41, 5.74) is 6.79. The van der Waals surface area contributed by atoms with Crippen molar-refractivity contribution < 1.29 is 18.0 Å². The van der Waals surface area contributed by atoms with Crippen LogP contribution in [0.3, 0.4) is 0 Å². The molecule has 0 unspecified atom stereocenters. The van der Waals surface area contributed by atoms with Crippen molar-refractivity contribution in [3.8, 4) is 5.69 Å². The van der Waals surface area contributed by atoms with Gasteiger partial charge in [-0.05, 0) is 49.2 Å². The van der Waals surface area contributed by atoms with E-state index in [2.05, 4.69) is 16.0 Å². The highest BCUT2D eigenvalue weighted by molar-refractivity contribution is 7.89. The van der Waals surface area contributed by atoms with E-state index in [9.17, 15) is 18.0 Å². The van der Waals surface area contributed by atoms with E-state index in [4.69, 9.17) is 0 Å². The first-order chi connectivity index (χ1) is 16.3. The van der Waals surface area contributed by atoms with Crippen molar-refractivity contribution in [2.24, 2.45) is 0 Å². The molecular formula is C24H27N5O4S. The second kappa shape index (κ2) is 9.78. The number of para-hydroxylation sites is 1. The van der Waals surface area contributed by atoms with Gasteiger partial charge in [0.25, 0.3) is 11.8 Å². The van der Waals surface area contributed by atoms with Crippen molar-refractivity contribution in [2.45, 2.75) is 37.5 Å². The van der Waals surface area contributed by atoms with Crippen molar-refractivity contribution in [1.82, 2.24) is 24.9 Å². The molecule has 1 aromatic heterocycles. The van der Waals surface area contributed by atoms with Gasteiger partial charge in [-0.1, -0.05) is 38.1 Å². The van der Waals surface area contributed by atoms with Gasteiger partial charge in [-0.2, -0.15) is 9.40 Å². The Kier molecular flexibility index (Phi) is 6.80. The summed E-state index contributed by atoms with van der Waals surface area (Å²) in [7, 11) is -3.71. The van der Waals surface area contributed by atoms with Crippen LogP contribution in [0, 0.1) is 0 Å². The molecule has 3 aromatic rings. The van der Waals surface area contributed by atoms with E-state index >= 15 is 0 Å². The zero-order valence-corrected chi connectivity index (χ0v) is 19.9. The summed E-state index contributed by atoms with van der Waals surface area (Å²) in [4.78, 5) is 25.6. The van der Waals surface area contributed by atoms with Crippen LogP contribution in [-0.4, -0.2) is 47.4 Å². The number of hydrogen-bond donors (Lipinski definition) is 2. The summed E-state index contributed by atoms with van der Waals surface area (Å²) in [6.07, 6.45) is 2.08. The number of amides is 2. The van der Waals surface area contributed by atoms with Gasteiger partial charge in [-0.3, -0.25) is 20.4 Å². The van der Waals surface area contributed by atoms with Crippen LogP contribution in [0.15, 0.2) is 65.6 Å². The monoisotopic (exact) mass is 481 g/mol. The number of hydrogen-bond acceptors (Lipinski definition) is 5. The predicted molar refractivity (Wildman–Crippen MR) is 127 cm³/mol. The van der Waals surface area contributed by atoms with Crippen LogP contribution in [0.2, 0.25) is 0 Å². The van der Waals surface area contributed by atoms with Gasteiger partial charge in [0.15, 0.2) is 0 Å². The molecule has 0 aliphatic heterocycles. The molecule has 2 amide bonds. The first-order valence-electron chi connectivity index (χ1n) is 11.2. The molecule has 1 aliphatic carbocycles. The second-order valence-electron chi connectivity index (χ2n) is 8.00. The number of hydrazine groups is 1. The molecule has 4 rings (SSSR count). The van der Waals surface area contributed by atoms with Crippen molar-refractivity contribution >= 4 is 21.8 Å². The van der Waals surface area contributed by atoms with E-state index in [0.717, 1.165) is 24.2 Å². The van der Waals surface area contributed by atoms with Crippen LogP contribution in [0.25, 0.3) is 5.69 Å². The van der Waals surface area contributed by atoms with Gasteiger partial charge in [0.2, 0.25) is 10.0 Å². The molecule has 34 heavy (non-hydrogen) atoms. The molecule has 0 bridgehead atoms. The third-order valence-electron chi connectivity index (χ3n) is 5.69. The maximum atomic E-state index is 12.9.